The molecule has 4 nitrogen and oxygen atoms in total. The molecule has 5 heteroatoms. The maximum atomic E-state index is 11.4. The van der Waals surface area contributed by atoms with Crippen LogP contribution >= 0.6 is 12.2 Å². The Kier molecular flexibility index (Phi) is 5.42. The molecule has 0 atom stereocenters. The zero-order valence-corrected chi connectivity index (χ0v) is 10.5. The fourth-order valence-corrected chi connectivity index (χ4v) is 1.33. The van der Waals surface area contributed by atoms with Crippen molar-refractivity contribution in [2.75, 3.05) is 11.9 Å². The molecule has 0 radical (unpaired) electrons. The number of nitrogens with one attached hydrogen (secondary N) is 1. The summed E-state index contributed by atoms with van der Waals surface area (Å²) in [5.74, 6) is 0.631. The van der Waals surface area contributed by atoms with Gasteiger partial charge in [0.15, 0.2) is 0 Å². The Hall–Kier alpha value is -1.62. The highest BCUT2D eigenvalue weighted by Gasteiger charge is 2.02. The Morgan fingerprint density at radius 1 is 1.53 bits per heavy atom. The molecule has 0 heterocycles. The maximum Gasteiger partial charge on any atom is 0.224 e. The summed E-state index contributed by atoms with van der Waals surface area (Å²) < 4.78 is 5.33. The van der Waals surface area contributed by atoms with Gasteiger partial charge in [-0.1, -0.05) is 25.2 Å². The number of hydrogen-bond donors (Lipinski definition) is 2. The molecule has 0 fully saturated rings. The van der Waals surface area contributed by atoms with E-state index >= 15 is 0 Å². The van der Waals surface area contributed by atoms with Crippen molar-refractivity contribution in [1.29, 1.82) is 0 Å². The molecule has 0 aromatic heterocycles. The van der Waals surface area contributed by atoms with Gasteiger partial charge >= 0.3 is 0 Å². The number of hydrogen-bond acceptors (Lipinski definition) is 3. The third-order valence-electron chi connectivity index (χ3n) is 1.98. The van der Waals surface area contributed by atoms with Crippen molar-refractivity contribution in [3.63, 3.8) is 0 Å². The smallest absolute Gasteiger partial charge is 0.224 e. The summed E-state index contributed by atoms with van der Waals surface area (Å²) in [5.41, 5.74) is 6.05. The molecule has 17 heavy (non-hydrogen) atoms. The monoisotopic (exact) mass is 252 g/mol. The van der Waals surface area contributed by atoms with Crippen LogP contribution in [0.25, 0.3) is 0 Å². The Labute approximate surface area is 106 Å². The van der Waals surface area contributed by atoms with Crippen molar-refractivity contribution in [3.8, 4) is 5.75 Å². The highest BCUT2D eigenvalue weighted by atomic mass is 32.1. The lowest BCUT2D eigenvalue weighted by atomic mass is 10.2. The summed E-state index contributed by atoms with van der Waals surface area (Å²) in [7, 11) is 0. The summed E-state index contributed by atoms with van der Waals surface area (Å²) in [6.45, 7) is 2.16. The van der Waals surface area contributed by atoms with Crippen LogP contribution in [-0.2, 0) is 4.79 Å². The number of benzene rings is 1. The number of amides is 1. The number of thiocarbonyl (C=S) groups is 1. The van der Waals surface area contributed by atoms with E-state index in [0.29, 0.717) is 22.8 Å². The first-order valence-corrected chi connectivity index (χ1v) is 5.83. The van der Waals surface area contributed by atoms with E-state index in [-0.39, 0.29) is 12.5 Å². The second-order valence-corrected chi connectivity index (χ2v) is 4.11. The fourth-order valence-electron chi connectivity index (χ4n) is 1.27. The van der Waals surface area contributed by atoms with Crippen LogP contribution in [0.15, 0.2) is 24.3 Å². The lowest BCUT2D eigenvalue weighted by Gasteiger charge is -2.08. The second kappa shape index (κ2) is 6.85. The van der Waals surface area contributed by atoms with E-state index in [1.807, 2.05) is 6.92 Å². The quantitative estimate of drug-likeness (QED) is 0.761. The molecule has 1 rings (SSSR count). The molecule has 0 spiro atoms. The van der Waals surface area contributed by atoms with Crippen molar-refractivity contribution < 1.29 is 9.53 Å². The van der Waals surface area contributed by atoms with E-state index in [2.05, 4.69) is 5.32 Å². The van der Waals surface area contributed by atoms with Gasteiger partial charge in [0.05, 0.1) is 0 Å². The molecule has 92 valence electrons. The van der Waals surface area contributed by atoms with Crippen LogP contribution in [0.2, 0.25) is 0 Å². The molecule has 1 aromatic rings. The van der Waals surface area contributed by atoms with Gasteiger partial charge in [0, 0.05) is 18.2 Å². The zero-order valence-electron chi connectivity index (χ0n) is 9.73. The summed E-state index contributed by atoms with van der Waals surface area (Å²) >= 11 is 4.71. The summed E-state index contributed by atoms with van der Waals surface area (Å²) in [5, 5.41) is 2.79. The summed E-state index contributed by atoms with van der Waals surface area (Å²) in [6.07, 6.45) is 1.33. The Bertz CT molecular complexity index is 407. The minimum Gasteiger partial charge on any atom is -0.486 e. The minimum absolute atomic E-state index is 0.000930. The molecule has 0 aliphatic heterocycles. The minimum atomic E-state index is -0.000930. The predicted molar refractivity (Wildman–Crippen MR) is 72.3 cm³/mol. The number of ether oxygens (including phenoxy) is 1. The standard InChI is InChI=1S/C12H16N2O2S/c1-2-4-12(15)14-9-5-3-6-10(7-9)16-8-11(13)17/h3,5-7H,2,4,8H2,1H3,(H2,13,17)(H,14,15). The van der Waals surface area contributed by atoms with E-state index in [1.165, 1.54) is 0 Å². The van der Waals surface area contributed by atoms with Gasteiger partial charge in [-0.15, -0.1) is 0 Å². The molecule has 1 amide bonds. The van der Waals surface area contributed by atoms with Crippen molar-refractivity contribution >= 4 is 28.8 Å². The number of carbonyl (C=O) groups excluding carboxylic acids is 1. The van der Waals surface area contributed by atoms with Gasteiger partial charge in [0.25, 0.3) is 0 Å². The van der Waals surface area contributed by atoms with Gasteiger partial charge in [-0.2, -0.15) is 0 Å². The average molecular weight is 252 g/mol. The number of nitrogens with two attached hydrogens (primary N) is 1. The Morgan fingerprint density at radius 3 is 2.94 bits per heavy atom. The first-order valence-electron chi connectivity index (χ1n) is 5.43. The second-order valence-electron chi connectivity index (χ2n) is 3.58. The highest BCUT2D eigenvalue weighted by Crippen LogP contribution is 2.17. The SMILES string of the molecule is CCCC(=O)Nc1cccc(OCC(N)=S)c1. The van der Waals surface area contributed by atoms with E-state index in [9.17, 15) is 4.79 Å². The molecule has 3 N–H and O–H groups in total. The molecule has 1 aromatic carbocycles. The van der Waals surface area contributed by atoms with Gasteiger partial charge in [0.2, 0.25) is 5.91 Å². The molecular weight excluding hydrogens is 236 g/mol. The molecule has 0 unspecified atom stereocenters. The van der Waals surface area contributed by atoms with Gasteiger partial charge in [-0.3, -0.25) is 4.79 Å². The molecule has 0 saturated heterocycles. The summed E-state index contributed by atoms with van der Waals surface area (Å²) in [6, 6.07) is 7.14. The molecule has 0 aliphatic rings. The van der Waals surface area contributed by atoms with Gasteiger partial charge < -0.3 is 15.8 Å². The van der Waals surface area contributed by atoms with Crippen LogP contribution in [0, 0.1) is 0 Å². The van der Waals surface area contributed by atoms with Crippen molar-refractivity contribution in [1.82, 2.24) is 0 Å². The number of rotatable bonds is 6. The zero-order chi connectivity index (χ0) is 12.7. The van der Waals surface area contributed by atoms with Crippen LogP contribution in [0.1, 0.15) is 19.8 Å². The third kappa shape index (κ3) is 5.31. The normalized spacial score (nSPS) is 9.71. The maximum absolute atomic E-state index is 11.4. The lowest BCUT2D eigenvalue weighted by Crippen LogP contribution is -2.18. The first-order chi connectivity index (χ1) is 8.11. The number of carbonyl (C=O) groups is 1. The van der Waals surface area contributed by atoms with Gasteiger partial charge in [-0.25, -0.2) is 0 Å². The molecule has 0 saturated carbocycles. The largest absolute Gasteiger partial charge is 0.486 e. The van der Waals surface area contributed by atoms with Crippen molar-refractivity contribution in [3.05, 3.63) is 24.3 Å². The van der Waals surface area contributed by atoms with Gasteiger partial charge in [0.1, 0.15) is 17.3 Å². The first kappa shape index (κ1) is 13.4. The van der Waals surface area contributed by atoms with Gasteiger partial charge in [-0.05, 0) is 18.6 Å². The van der Waals surface area contributed by atoms with Crippen LogP contribution in [-0.4, -0.2) is 17.5 Å². The lowest BCUT2D eigenvalue weighted by molar-refractivity contribution is -0.116. The summed E-state index contributed by atoms with van der Waals surface area (Å²) in [4.78, 5) is 11.7. The van der Waals surface area contributed by atoms with E-state index in [4.69, 9.17) is 22.7 Å². The molecule has 0 bridgehead atoms. The van der Waals surface area contributed by atoms with Crippen molar-refractivity contribution in [2.45, 2.75) is 19.8 Å². The van der Waals surface area contributed by atoms with E-state index < -0.39 is 0 Å². The predicted octanol–water partition coefficient (Wildman–Crippen LogP) is 2.09. The highest BCUT2D eigenvalue weighted by molar-refractivity contribution is 7.80. The van der Waals surface area contributed by atoms with Crippen molar-refractivity contribution in [2.24, 2.45) is 5.73 Å². The van der Waals surface area contributed by atoms with Crippen LogP contribution in [0.5, 0.6) is 5.75 Å². The topological polar surface area (TPSA) is 64.3 Å². The van der Waals surface area contributed by atoms with E-state index in [0.717, 1.165) is 6.42 Å². The Morgan fingerprint density at radius 2 is 2.29 bits per heavy atom. The van der Waals surface area contributed by atoms with Crippen LogP contribution < -0.4 is 15.8 Å². The number of anilines is 1. The fraction of sp³-hybridized carbons (Fsp3) is 0.333. The average Bonchev–Trinajstić information content (AvgIpc) is 2.27. The Balaban J connectivity index is 2.59. The van der Waals surface area contributed by atoms with E-state index in [1.54, 1.807) is 24.3 Å². The van der Waals surface area contributed by atoms with Crippen LogP contribution in [0.4, 0.5) is 5.69 Å². The third-order valence-corrected chi connectivity index (χ3v) is 2.09. The molecule has 0 aliphatic carbocycles. The van der Waals surface area contributed by atoms with Crippen LogP contribution in [0.3, 0.4) is 0 Å². The molecular formula is C12H16N2O2S.